The average molecular weight is 493 g/mol. The molecule has 1 aliphatic carbocycles. The molecule has 2 fully saturated rings. The molecule has 8 nitrogen and oxygen atoms in total. The lowest BCUT2D eigenvalue weighted by molar-refractivity contribution is -0.132. The number of nitrogens with zero attached hydrogens (tertiary/aromatic N) is 2. The SMILES string of the molecule is CN/C=C\C(NC)c1cc(F)cc(CNC(=O)C2C=C(N3CCC(C#N)(C4CC4)C3=O)C=C(C)N2)c1. The van der Waals surface area contributed by atoms with E-state index < -0.39 is 11.5 Å². The van der Waals surface area contributed by atoms with Crippen LogP contribution in [0.4, 0.5) is 4.39 Å². The second-order valence-corrected chi connectivity index (χ2v) is 9.63. The summed E-state index contributed by atoms with van der Waals surface area (Å²) in [6, 6.07) is 6.15. The molecule has 190 valence electrons. The summed E-state index contributed by atoms with van der Waals surface area (Å²) in [4.78, 5) is 27.9. The fraction of sp³-hybridized carbons (Fsp3) is 0.444. The summed E-state index contributed by atoms with van der Waals surface area (Å²) in [5.41, 5.74) is 1.84. The smallest absolute Gasteiger partial charge is 0.247 e. The molecule has 0 bridgehead atoms. The second-order valence-electron chi connectivity index (χ2n) is 9.63. The summed E-state index contributed by atoms with van der Waals surface area (Å²) in [6.45, 7) is 2.46. The van der Waals surface area contributed by atoms with Crippen molar-refractivity contribution in [3.8, 4) is 6.07 Å². The van der Waals surface area contributed by atoms with E-state index >= 15 is 0 Å². The Morgan fingerprint density at radius 2 is 2.14 bits per heavy atom. The van der Waals surface area contributed by atoms with Gasteiger partial charge in [-0.25, -0.2) is 4.39 Å². The minimum Gasteiger partial charge on any atom is -0.394 e. The summed E-state index contributed by atoms with van der Waals surface area (Å²) in [5, 5.41) is 21.8. The maximum absolute atomic E-state index is 14.3. The molecule has 1 saturated heterocycles. The summed E-state index contributed by atoms with van der Waals surface area (Å²) in [5.74, 6) is -0.691. The lowest BCUT2D eigenvalue weighted by atomic mass is 9.82. The van der Waals surface area contributed by atoms with Crippen LogP contribution in [-0.4, -0.2) is 43.4 Å². The Labute approximate surface area is 211 Å². The van der Waals surface area contributed by atoms with Gasteiger partial charge in [0.25, 0.3) is 0 Å². The maximum Gasteiger partial charge on any atom is 0.247 e. The van der Waals surface area contributed by atoms with Gasteiger partial charge in [-0.05, 0) is 86.8 Å². The van der Waals surface area contributed by atoms with E-state index in [0.29, 0.717) is 24.2 Å². The van der Waals surface area contributed by atoms with Gasteiger partial charge in [0.2, 0.25) is 11.8 Å². The van der Waals surface area contributed by atoms with Crippen molar-refractivity contribution in [2.24, 2.45) is 11.3 Å². The van der Waals surface area contributed by atoms with Crippen LogP contribution in [0, 0.1) is 28.5 Å². The number of allylic oxidation sites excluding steroid dienone is 2. The van der Waals surface area contributed by atoms with Gasteiger partial charge in [0.1, 0.15) is 17.3 Å². The highest BCUT2D eigenvalue weighted by molar-refractivity contribution is 5.91. The molecule has 2 amide bonds. The number of likely N-dealkylation sites (tertiary alicyclic amines) is 1. The number of carbonyl (C=O) groups is 2. The first kappa shape index (κ1) is 25.5. The molecule has 4 N–H and O–H groups in total. The molecular weight excluding hydrogens is 459 g/mol. The standard InChI is InChI=1S/C27H33FN6O2/c1-17-10-22(34-9-7-27(16-29,26(34)36)20-4-5-20)14-24(33-17)25(35)32-15-18-11-19(13-21(28)12-18)23(31-3)6-8-30-2/h6,8,10-14,20,23-24,30-31,33H,4-5,7,9,15H2,1-3H3,(H,32,35)/b8-6-. The van der Waals surface area contributed by atoms with Crippen LogP contribution in [0.1, 0.15) is 43.4 Å². The van der Waals surface area contributed by atoms with Crippen molar-refractivity contribution in [2.75, 3.05) is 20.6 Å². The van der Waals surface area contributed by atoms with Gasteiger partial charge in [-0.15, -0.1) is 0 Å². The Hall–Kier alpha value is -3.64. The molecule has 9 heteroatoms. The summed E-state index contributed by atoms with van der Waals surface area (Å²) in [6.07, 6.45) is 9.55. The number of carbonyl (C=O) groups excluding carboxylic acids is 2. The lowest BCUT2D eigenvalue weighted by Gasteiger charge is -2.27. The van der Waals surface area contributed by atoms with Crippen LogP contribution >= 0.6 is 0 Å². The van der Waals surface area contributed by atoms with Gasteiger partial charge in [0.15, 0.2) is 0 Å². The zero-order chi connectivity index (χ0) is 25.9. The molecule has 3 atom stereocenters. The monoisotopic (exact) mass is 492 g/mol. The Morgan fingerprint density at radius 3 is 2.81 bits per heavy atom. The van der Waals surface area contributed by atoms with Crippen LogP contribution in [0.25, 0.3) is 0 Å². The normalized spacial score (nSPS) is 24.6. The zero-order valence-corrected chi connectivity index (χ0v) is 20.9. The highest BCUT2D eigenvalue weighted by Gasteiger charge is 2.57. The van der Waals surface area contributed by atoms with Crippen molar-refractivity contribution < 1.29 is 14.0 Å². The molecule has 3 aliphatic rings. The van der Waals surface area contributed by atoms with E-state index in [1.165, 1.54) is 12.1 Å². The van der Waals surface area contributed by atoms with E-state index in [2.05, 4.69) is 27.3 Å². The molecule has 36 heavy (non-hydrogen) atoms. The van der Waals surface area contributed by atoms with Crippen molar-refractivity contribution >= 4 is 11.8 Å². The quantitative estimate of drug-likeness (QED) is 0.421. The lowest BCUT2D eigenvalue weighted by Crippen LogP contribution is -2.45. The van der Waals surface area contributed by atoms with Crippen LogP contribution < -0.4 is 21.3 Å². The third-order valence-electron chi connectivity index (χ3n) is 7.08. The molecule has 0 aromatic heterocycles. The number of likely N-dealkylation sites (N-methyl/N-ethyl adjacent to an activating group) is 1. The first-order valence-electron chi connectivity index (χ1n) is 12.3. The molecule has 3 unspecified atom stereocenters. The van der Waals surface area contributed by atoms with E-state index in [1.807, 2.05) is 25.1 Å². The summed E-state index contributed by atoms with van der Waals surface area (Å²) >= 11 is 0. The van der Waals surface area contributed by atoms with Crippen LogP contribution in [0.2, 0.25) is 0 Å². The molecule has 2 aliphatic heterocycles. The van der Waals surface area contributed by atoms with Gasteiger partial charge in [0, 0.05) is 31.5 Å². The topological polar surface area (TPSA) is 109 Å². The highest BCUT2D eigenvalue weighted by Crippen LogP contribution is 2.52. The van der Waals surface area contributed by atoms with Crippen LogP contribution in [0.3, 0.4) is 0 Å². The predicted molar refractivity (Wildman–Crippen MR) is 134 cm³/mol. The molecule has 2 heterocycles. The number of hydrogen-bond acceptors (Lipinski definition) is 6. The number of dihydropyridines is 1. The van der Waals surface area contributed by atoms with Crippen molar-refractivity contribution in [3.63, 3.8) is 0 Å². The molecule has 1 aromatic rings. The van der Waals surface area contributed by atoms with Gasteiger partial charge in [-0.3, -0.25) is 9.59 Å². The fourth-order valence-corrected chi connectivity index (χ4v) is 5.03. The Balaban J connectivity index is 1.45. The Morgan fingerprint density at radius 1 is 1.36 bits per heavy atom. The molecule has 0 radical (unpaired) electrons. The fourth-order valence-electron chi connectivity index (χ4n) is 5.03. The maximum atomic E-state index is 14.3. The largest absolute Gasteiger partial charge is 0.394 e. The highest BCUT2D eigenvalue weighted by atomic mass is 19.1. The summed E-state index contributed by atoms with van der Waals surface area (Å²) in [7, 11) is 3.58. The van der Waals surface area contributed by atoms with E-state index in [-0.39, 0.29) is 36.1 Å². The third kappa shape index (κ3) is 5.14. The van der Waals surface area contributed by atoms with Gasteiger partial charge in [-0.2, -0.15) is 5.26 Å². The van der Waals surface area contributed by atoms with Gasteiger partial charge >= 0.3 is 0 Å². The number of hydrogen-bond donors (Lipinski definition) is 4. The number of benzene rings is 1. The molecular formula is C27H33FN6O2. The molecule has 1 saturated carbocycles. The summed E-state index contributed by atoms with van der Waals surface area (Å²) < 4.78 is 14.3. The van der Waals surface area contributed by atoms with Gasteiger partial charge < -0.3 is 26.2 Å². The number of nitriles is 1. The number of nitrogens with one attached hydrogen (secondary N) is 4. The number of rotatable bonds is 9. The second kappa shape index (κ2) is 10.5. The van der Waals surface area contributed by atoms with Crippen LogP contribution in [0.5, 0.6) is 0 Å². The van der Waals surface area contributed by atoms with Crippen molar-refractivity contribution in [2.45, 2.75) is 44.8 Å². The first-order chi connectivity index (χ1) is 17.3. The third-order valence-corrected chi connectivity index (χ3v) is 7.08. The molecule has 1 aromatic carbocycles. The number of halogens is 1. The minimum absolute atomic E-state index is 0.138. The van der Waals surface area contributed by atoms with Gasteiger partial charge in [0.05, 0.1) is 12.1 Å². The molecule has 0 spiro atoms. The van der Waals surface area contributed by atoms with E-state index in [4.69, 9.17) is 0 Å². The Kier molecular flexibility index (Phi) is 7.45. The predicted octanol–water partition coefficient (Wildman–Crippen LogP) is 2.35. The van der Waals surface area contributed by atoms with E-state index in [9.17, 15) is 19.2 Å². The van der Waals surface area contributed by atoms with E-state index in [1.54, 1.807) is 31.3 Å². The van der Waals surface area contributed by atoms with Gasteiger partial charge in [-0.1, -0.05) is 6.07 Å². The average Bonchev–Trinajstić information content (AvgIpc) is 3.66. The zero-order valence-electron chi connectivity index (χ0n) is 20.9. The van der Waals surface area contributed by atoms with E-state index in [0.717, 1.165) is 24.1 Å². The van der Waals surface area contributed by atoms with Crippen molar-refractivity contribution in [1.82, 2.24) is 26.2 Å². The van der Waals surface area contributed by atoms with Crippen LogP contribution in [-0.2, 0) is 16.1 Å². The van der Waals surface area contributed by atoms with Crippen LogP contribution in [0.15, 0.2) is 54.0 Å². The van der Waals surface area contributed by atoms with Crippen molar-refractivity contribution in [1.29, 1.82) is 5.26 Å². The Bertz CT molecular complexity index is 1170. The molecule has 4 rings (SSSR count). The van der Waals surface area contributed by atoms with Crippen molar-refractivity contribution in [3.05, 3.63) is 71.0 Å². The number of amides is 2. The minimum atomic E-state index is -0.937. The first-order valence-corrected chi connectivity index (χ1v) is 12.3.